The lowest BCUT2D eigenvalue weighted by molar-refractivity contribution is -0.141. The average molecular weight is 449 g/mol. The summed E-state index contributed by atoms with van der Waals surface area (Å²) < 4.78 is 5.49. The van der Waals surface area contributed by atoms with Crippen molar-refractivity contribution in [2.24, 2.45) is 5.92 Å². The lowest BCUT2D eigenvalue weighted by Gasteiger charge is -2.18. The topological polar surface area (TPSA) is 105 Å². The van der Waals surface area contributed by atoms with E-state index in [1.807, 2.05) is 36.4 Å². The number of amides is 2. The fraction of sp³-hybridized carbons (Fsp3) is 0.346. The van der Waals surface area contributed by atoms with E-state index in [1.54, 1.807) is 6.92 Å². The molecule has 3 N–H and O–H groups in total. The van der Waals surface area contributed by atoms with Gasteiger partial charge in [0.2, 0.25) is 5.91 Å². The van der Waals surface area contributed by atoms with Gasteiger partial charge in [0.15, 0.2) is 0 Å². The Morgan fingerprint density at radius 2 is 1.70 bits per heavy atom. The van der Waals surface area contributed by atoms with E-state index in [-0.39, 0.29) is 18.9 Å². The van der Waals surface area contributed by atoms with Crippen molar-refractivity contribution in [1.82, 2.24) is 10.6 Å². The van der Waals surface area contributed by atoms with Gasteiger partial charge in [0, 0.05) is 18.9 Å². The monoisotopic (exact) mass is 448 g/mol. The van der Waals surface area contributed by atoms with Crippen molar-refractivity contribution in [1.29, 1.82) is 0 Å². The Morgan fingerprint density at radius 3 is 2.27 bits per heavy atom. The molecule has 7 heteroatoms. The molecule has 0 heterocycles. The van der Waals surface area contributed by atoms with Gasteiger partial charge in [-0.25, -0.2) is 4.79 Å². The Hall–Kier alpha value is -3.79. The molecule has 0 aliphatic heterocycles. The zero-order chi connectivity index (χ0) is 23.8. The summed E-state index contributed by atoms with van der Waals surface area (Å²) in [7, 11) is 0. The molecule has 0 radical (unpaired) electrons. The van der Waals surface area contributed by atoms with Gasteiger partial charge in [0.1, 0.15) is 12.6 Å². The van der Waals surface area contributed by atoms with Crippen LogP contribution in [0.1, 0.15) is 43.2 Å². The van der Waals surface area contributed by atoms with E-state index in [2.05, 4.69) is 28.7 Å². The van der Waals surface area contributed by atoms with Gasteiger partial charge in [-0.2, -0.15) is 0 Å². The number of alkyl carbamates (subject to hydrolysis) is 1. The first-order valence-electron chi connectivity index (χ1n) is 11.0. The third kappa shape index (κ3) is 5.92. The van der Waals surface area contributed by atoms with Gasteiger partial charge in [-0.1, -0.05) is 55.5 Å². The van der Waals surface area contributed by atoms with E-state index in [0.29, 0.717) is 19.4 Å². The molecular weight excluding hydrogens is 420 g/mol. The molecule has 0 saturated heterocycles. The van der Waals surface area contributed by atoms with Gasteiger partial charge in [0.05, 0.1) is 5.92 Å². The summed E-state index contributed by atoms with van der Waals surface area (Å²) in [5, 5.41) is 14.2. The van der Waals surface area contributed by atoms with Crippen molar-refractivity contribution in [2.45, 2.75) is 38.1 Å². The molecule has 33 heavy (non-hydrogen) atoms. The van der Waals surface area contributed by atoms with Crippen LogP contribution in [-0.2, 0) is 14.3 Å². The minimum atomic E-state index is -0.928. The molecule has 0 aromatic heterocycles. The van der Waals surface area contributed by atoms with E-state index in [4.69, 9.17) is 16.3 Å². The quantitative estimate of drug-likeness (QED) is 0.381. The third-order valence-electron chi connectivity index (χ3n) is 5.81. The highest BCUT2D eigenvalue weighted by Gasteiger charge is 2.29. The van der Waals surface area contributed by atoms with Crippen LogP contribution >= 0.6 is 0 Å². The highest BCUT2D eigenvalue weighted by Crippen LogP contribution is 2.44. The summed E-state index contributed by atoms with van der Waals surface area (Å²) in [6.07, 6.45) is 5.61. The summed E-state index contributed by atoms with van der Waals surface area (Å²) in [5.41, 5.74) is 4.45. The van der Waals surface area contributed by atoms with E-state index >= 15 is 0 Å². The molecule has 2 amide bonds. The molecular formula is C26H28N2O5. The number of rotatable bonds is 10. The number of ether oxygens (including phenoxy) is 1. The van der Waals surface area contributed by atoms with Crippen LogP contribution in [-0.4, -0.2) is 42.3 Å². The maximum absolute atomic E-state index is 12.5. The number of carbonyl (C=O) groups is 3. The number of fused-ring (bicyclic) bond motifs is 3. The molecule has 1 aliphatic rings. The normalized spacial score (nSPS) is 13.7. The predicted molar refractivity (Wildman–Crippen MR) is 124 cm³/mol. The Morgan fingerprint density at radius 1 is 1.09 bits per heavy atom. The highest BCUT2D eigenvalue weighted by molar-refractivity contribution is 5.86. The summed E-state index contributed by atoms with van der Waals surface area (Å²) in [6.45, 7) is 2.05. The Bertz CT molecular complexity index is 1010. The average Bonchev–Trinajstić information content (AvgIpc) is 3.13. The van der Waals surface area contributed by atoms with Crippen LogP contribution < -0.4 is 10.6 Å². The van der Waals surface area contributed by atoms with Gasteiger partial charge in [-0.15, -0.1) is 12.3 Å². The zero-order valence-electron chi connectivity index (χ0n) is 18.5. The maximum atomic E-state index is 12.5. The van der Waals surface area contributed by atoms with Crippen LogP contribution in [0.3, 0.4) is 0 Å². The van der Waals surface area contributed by atoms with Gasteiger partial charge in [-0.3, -0.25) is 9.59 Å². The van der Waals surface area contributed by atoms with Gasteiger partial charge < -0.3 is 20.5 Å². The Kier molecular flexibility index (Phi) is 8.09. The van der Waals surface area contributed by atoms with Crippen molar-refractivity contribution in [3.63, 3.8) is 0 Å². The summed E-state index contributed by atoms with van der Waals surface area (Å²) in [4.78, 5) is 35.8. The first kappa shape index (κ1) is 23.9. The standard InChI is InChI=1S/C26H28N2O5/c1-3-9-23(24(29)27-15-8-10-17(2)25(30)31)28-26(32)33-16-22-20-13-6-4-11-18(20)19-12-5-7-14-21(19)22/h1,4-7,11-14,17,22-23H,8-10,15-16H2,2H3,(H,27,29)(H,28,32)(H,30,31). The Balaban J connectivity index is 1.54. The fourth-order valence-electron chi connectivity index (χ4n) is 3.98. The van der Waals surface area contributed by atoms with Crippen molar-refractivity contribution in [3.05, 3.63) is 59.7 Å². The van der Waals surface area contributed by atoms with Crippen LogP contribution in [0.4, 0.5) is 4.79 Å². The van der Waals surface area contributed by atoms with Gasteiger partial charge in [0.25, 0.3) is 0 Å². The second kappa shape index (κ2) is 11.2. The molecule has 2 aromatic carbocycles. The van der Waals surface area contributed by atoms with Crippen LogP contribution in [0, 0.1) is 18.3 Å². The largest absolute Gasteiger partial charge is 0.481 e. The summed E-state index contributed by atoms with van der Waals surface area (Å²) in [5.74, 6) is 0.526. The smallest absolute Gasteiger partial charge is 0.407 e. The number of carboxylic acid groups (broad SMARTS) is 1. The van der Waals surface area contributed by atoms with Crippen LogP contribution in [0.2, 0.25) is 0 Å². The number of carbonyl (C=O) groups excluding carboxylic acids is 2. The number of benzene rings is 2. The number of aliphatic carboxylic acids is 1. The molecule has 0 fully saturated rings. The molecule has 2 atom stereocenters. The minimum absolute atomic E-state index is 0.0154. The second-order valence-electron chi connectivity index (χ2n) is 8.10. The highest BCUT2D eigenvalue weighted by atomic mass is 16.5. The van der Waals surface area contributed by atoms with E-state index in [0.717, 1.165) is 22.3 Å². The van der Waals surface area contributed by atoms with Crippen molar-refractivity contribution >= 4 is 18.0 Å². The molecule has 172 valence electrons. The molecule has 3 rings (SSSR count). The van der Waals surface area contributed by atoms with Crippen molar-refractivity contribution < 1.29 is 24.2 Å². The van der Waals surface area contributed by atoms with E-state index in [9.17, 15) is 14.4 Å². The first-order valence-corrected chi connectivity index (χ1v) is 11.0. The second-order valence-corrected chi connectivity index (χ2v) is 8.10. The van der Waals surface area contributed by atoms with Crippen LogP contribution in [0.5, 0.6) is 0 Å². The number of hydrogen-bond acceptors (Lipinski definition) is 4. The minimum Gasteiger partial charge on any atom is -0.481 e. The number of nitrogens with one attached hydrogen (secondary N) is 2. The summed E-state index contributed by atoms with van der Waals surface area (Å²) in [6, 6.07) is 15.1. The number of terminal acetylenes is 1. The molecule has 2 unspecified atom stereocenters. The zero-order valence-corrected chi connectivity index (χ0v) is 18.5. The van der Waals surface area contributed by atoms with Crippen LogP contribution in [0.15, 0.2) is 48.5 Å². The third-order valence-corrected chi connectivity index (χ3v) is 5.81. The molecule has 0 saturated carbocycles. The molecule has 7 nitrogen and oxygen atoms in total. The Labute approximate surface area is 193 Å². The van der Waals surface area contributed by atoms with Crippen molar-refractivity contribution in [3.8, 4) is 23.5 Å². The predicted octanol–water partition coefficient (Wildman–Crippen LogP) is 3.53. The van der Waals surface area contributed by atoms with Gasteiger partial charge in [-0.05, 0) is 35.1 Å². The lowest BCUT2D eigenvalue weighted by atomic mass is 9.98. The molecule has 1 aliphatic carbocycles. The lowest BCUT2D eigenvalue weighted by Crippen LogP contribution is -2.47. The van der Waals surface area contributed by atoms with Crippen molar-refractivity contribution in [2.75, 3.05) is 13.2 Å². The molecule has 2 aromatic rings. The number of hydrogen-bond donors (Lipinski definition) is 3. The SMILES string of the molecule is C#CCC(NC(=O)OCC1c2ccccc2-c2ccccc21)C(=O)NCCCC(C)C(=O)O. The molecule has 0 bridgehead atoms. The van der Waals surface area contributed by atoms with E-state index < -0.39 is 29.9 Å². The first-order chi connectivity index (χ1) is 15.9. The number of carboxylic acids is 1. The van der Waals surface area contributed by atoms with E-state index in [1.165, 1.54) is 0 Å². The van der Waals surface area contributed by atoms with Gasteiger partial charge >= 0.3 is 12.1 Å². The maximum Gasteiger partial charge on any atom is 0.407 e. The molecule has 0 spiro atoms. The fourth-order valence-corrected chi connectivity index (χ4v) is 3.98. The van der Waals surface area contributed by atoms with Crippen LogP contribution in [0.25, 0.3) is 11.1 Å². The summed E-state index contributed by atoms with van der Waals surface area (Å²) >= 11 is 0.